The molecule has 0 saturated carbocycles. The Morgan fingerprint density at radius 2 is 1.88 bits per heavy atom. The first-order chi connectivity index (χ1) is 11.6. The number of unbranched alkanes of at least 4 members (excludes halogenated alkanes) is 1. The summed E-state index contributed by atoms with van der Waals surface area (Å²) in [5, 5.41) is 0.620. The van der Waals surface area contributed by atoms with E-state index < -0.39 is 0 Å². The Hall–Kier alpha value is -1.80. The van der Waals surface area contributed by atoms with E-state index in [1.165, 1.54) is 18.4 Å². The lowest BCUT2D eigenvalue weighted by atomic mass is 10.1. The molecule has 2 nitrogen and oxygen atoms in total. The first-order valence-corrected chi connectivity index (χ1v) is 9.09. The molecule has 2 aromatic carbocycles. The third-order valence-electron chi connectivity index (χ3n) is 3.98. The van der Waals surface area contributed by atoms with Crippen LogP contribution in [-0.2, 0) is 6.42 Å². The highest BCUT2D eigenvalue weighted by molar-refractivity contribution is 6.32. The number of benzene rings is 2. The molecule has 0 aromatic heterocycles. The molecule has 2 aromatic rings. The van der Waals surface area contributed by atoms with Crippen LogP contribution in [0.1, 0.15) is 51.2 Å². The number of aryl methyl sites for hydroxylation is 1. The number of nitrogens with zero attached hydrogens (tertiary/aromatic N) is 1. The molecule has 2 rings (SSSR count). The van der Waals surface area contributed by atoms with E-state index in [-0.39, 0.29) is 6.10 Å². The fourth-order valence-corrected chi connectivity index (χ4v) is 2.51. The average Bonchev–Trinajstić information content (AvgIpc) is 2.61. The Labute approximate surface area is 150 Å². The monoisotopic (exact) mass is 343 g/mol. The molecule has 0 unspecified atom stereocenters. The Bertz CT molecular complexity index is 664. The summed E-state index contributed by atoms with van der Waals surface area (Å²) in [5.41, 5.74) is 3.28. The maximum atomic E-state index is 6.29. The lowest BCUT2D eigenvalue weighted by molar-refractivity contribution is 0.217. The highest BCUT2D eigenvalue weighted by Gasteiger charge is 2.06. The molecule has 0 saturated heterocycles. The SMILES string of the molecule is CCCCc1ccc(N=Cc2ccc(O[C@@H](C)CC)c(Cl)c2)cc1. The van der Waals surface area contributed by atoms with E-state index in [0.29, 0.717) is 5.02 Å². The second-order valence-corrected chi connectivity index (χ2v) is 6.46. The van der Waals surface area contributed by atoms with Crippen molar-refractivity contribution in [2.45, 2.75) is 52.6 Å². The quantitative estimate of drug-likeness (QED) is 0.494. The molecule has 3 heteroatoms. The van der Waals surface area contributed by atoms with E-state index in [0.717, 1.165) is 29.8 Å². The maximum Gasteiger partial charge on any atom is 0.138 e. The fraction of sp³-hybridized carbons (Fsp3) is 0.381. The number of ether oxygens (including phenoxy) is 1. The van der Waals surface area contributed by atoms with Crippen molar-refractivity contribution in [3.8, 4) is 5.75 Å². The molecule has 1 atom stereocenters. The van der Waals surface area contributed by atoms with Crippen molar-refractivity contribution in [2.24, 2.45) is 4.99 Å². The summed E-state index contributed by atoms with van der Waals surface area (Å²) in [6.07, 6.45) is 6.53. The van der Waals surface area contributed by atoms with Gasteiger partial charge in [0.2, 0.25) is 0 Å². The molecule has 0 fully saturated rings. The second kappa shape index (κ2) is 9.48. The van der Waals surface area contributed by atoms with E-state index in [2.05, 4.69) is 43.1 Å². The molecule has 0 bridgehead atoms. The van der Waals surface area contributed by atoms with Gasteiger partial charge in [-0.15, -0.1) is 0 Å². The van der Waals surface area contributed by atoms with Crippen molar-refractivity contribution < 1.29 is 4.74 Å². The van der Waals surface area contributed by atoms with E-state index in [4.69, 9.17) is 16.3 Å². The molecule has 0 aliphatic heterocycles. The summed E-state index contributed by atoms with van der Waals surface area (Å²) < 4.78 is 5.78. The fourth-order valence-electron chi connectivity index (χ4n) is 2.27. The van der Waals surface area contributed by atoms with Crippen LogP contribution in [0.3, 0.4) is 0 Å². The van der Waals surface area contributed by atoms with Crippen molar-refractivity contribution in [3.63, 3.8) is 0 Å². The predicted octanol–water partition coefficient (Wildman–Crippen LogP) is 6.61. The van der Waals surface area contributed by atoms with Crippen LogP contribution < -0.4 is 4.74 Å². The average molecular weight is 344 g/mol. The normalized spacial score (nSPS) is 12.5. The van der Waals surface area contributed by atoms with Crippen LogP contribution in [-0.4, -0.2) is 12.3 Å². The highest BCUT2D eigenvalue weighted by atomic mass is 35.5. The van der Waals surface area contributed by atoms with Gasteiger partial charge < -0.3 is 4.74 Å². The van der Waals surface area contributed by atoms with Gasteiger partial charge in [-0.1, -0.05) is 44.0 Å². The Balaban J connectivity index is 2.02. The van der Waals surface area contributed by atoms with Crippen molar-refractivity contribution in [2.75, 3.05) is 0 Å². The van der Waals surface area contributed by atoms with Crippen LogP contribution in [0, 0.1) is 0 Å². The smallest absolute Gasteiger partial charge is 0.138 e. The number of hydrogen-bond acceptors (Lipinski definition) is 2. The summed E-state index contributed by atoms with van der Waals surface area (Å²) >= 11 is 6.29. The lowest BCUT2D eigenvalue weighted by Gasteiger charge is -2.13. The Kier molecular flexibility index (Phi) is 7.33. The topological polar surface area (TPSA) is 21.6 Å². The van der Waals surface area contributed by atoms with Crippen LogP contribution >= 0.6 is 11.6 Å². The van der Waals surface area contributed by atoms with Crippen LogP contribution in [0.5, 0.6) is 5.75 Å². The Morgan fingerprint density at radius 3 is 2.50 bits per heavy atom. The minimum absolute atomic E-state index is 0.160. The van der Waals surface area contributed by atoms with Crippen LogP contribution in [0.25, 0.3) is 0 Å². The number of hydrogen-bond donors (Lipinski definition) is 0. The van der Waals surface area contributed by atoms with Gasteiger partial charge in [0.25, 0.3) is 0 Å². The lowest BCUT2D eigenvalue weighted by Crippen LogP contribution is -2.09. The molecule has 0 amide bonds. The summed E-state index contributed by atoms with van der Waals surface area (Å²) in [7, 11) is 0. The highest BCUT2D eigenvalue weighted by Crippen LogP contribution is 2.26. The maximum absolute atomic E-state index is 6.29. The molecular formula is C21H26ClNO. The van der Waals surface area contributed by atoms with E-state index in [1.807, 2.05) is 31.3 Å². The molecular weight excluding hydrogens is 318 g/mol. The zero-order chi connectivity index (χ0) is 17.4. The summed E-state index contributed by atoms with van der Waals surface area (Å²) in [4.78, 5) is 4.52. The molecule has 0 aliphatic carbocycles. The van der Waals surface area contributed by atoms with Crippen molar-refractivity contribution in [3.05, 3.63) is 58.6 Å². The van der Waals surface area contributed by atoms with E-state index in [1.54, 1.807) is 0 Å². The first-order valence-electron chi connectivity index (χ1n) is 8.71. The predicted molar refractivity (Wildman–Crippen MR) is 104 cm³/mol. The third kappa shape index (κ3) is 5.68. The van der Waals surface area contributed by atoms with Gasteiger partial charge in [0.15, 0.2) is 0 Å². The van der Waals surface area contributed by atoms with Crippen molar-refractivity contribution in [1.29, 1.82) is 0 Å². The van der Waals surface area contributed by atoms with Gasteiger partial charge in [0, 0.05) is 6.21 Å². The molecule has 0 N–H and O–H groups in total. The van der Waals surface area contributed by atoms with Gasteiger partial charge in [-0.25, -0.2) is 0 Å². The summed E-state index contributed by atoms with van der Waals surface area (Å²) in [6.45, 7) is 6.34. The number of halogens is 1. The molecule has 24 heavy (non-hydrogen) atoms. The van der Waals surface area contributed by atoms with Crippen LogP contribution in [0.4, 0.5) is 5.69 Å². The van der Waals surface area contributed by atoms with Crippen molar-refractivity contribution >= 4 is 23.5 Å². The van der Waals surface area contributed by atoms with Crippen LogP contribution in [0.15, 0.2) is 47.5 Å². The molecule has 0 heterocycles. The summed E-state index contributed by atoms with van der Waals surface area (Å²) in [5.74, 6) is 0.725. The van der Waals surface area contributed by atoms with Gasteiger partial charge >= 0.3 is 0 Å². The summed E-state index contributed by atoms with van der Waals surface area (Å²) in [6, 6.07) is 14.2. The first kappa shape index (κ1) is 18.5. The second-order valence-electron chi connectivity index (χ2n) is 6.05. The molecule has 0 radical (unpaired) electrons. The minimum Gasteiger partial charge on any atom is -0.489 e. The molecule has 128 valence electrons. The van der Waals surface area contributed by atoms with Gasteiger partial charge in [0.1, 0.15) is 5.75 Å². The van der Waals surface area contributed by atoms with E-state index in [9.17, 15) is 0 Å². The largest absolute Gasteiger partial charge is 0.489 e. The van der Waals surface area contributed by atoms with Gasteiger partial charge in [0.05, 0.1) is 16.8 Å². The number of rotatable bonds is 8. The van der Waals surface area contributed by atoms with Gasteiger partial charge in [-0.05, 0) is 67.6 Å². The van der Waals surface area contributed by atoms with Crippen LogP contribution in [0.2, 0.25) is 5.02 Å². The molecule has 0 aliphatic rings. The third-order valence-corrected chi connectivity index (χ3v) is 4.27. The zero-order valence-corrected chi connectivity index (χ0v) is 15.5. The number of aliphatic imine (C=N–C) groups is 1. The minimum atomic E-state index is 0.160. The Morgan fingerprint density at radius 1 is 1.12 bits per heavy atom. The van der Waals surface area contributed by atoms with Crippen molar-refractivity contribution in [1.82, 2.24) is 0 Å². The zero-order valence-electron chi connectivity index (χ0n) is 14.8. The standard InChI is InChI=1S/C21H26ClNO/c1-4-6-7-17-8-11-19(12-9-17)23-15-18-10-13-21(20(22)14-18)24-16(3)5-2/h8-16H,4-7H2,1-3H3/t16-/m0/s1. The van der Waals surface area contributed by atoms with Gasteiger partial charge in [-0.3, -0.25) is 4.99 Å². The molecule has 0 spiro atoms. The van der Waals surface area contributed by atoms with E-state index >= 15 is 0 Å². The van der Waals surface area contributed by atoms with Gasteiger partial charge in [-0.2, -0.15) is 0 Å².